The van der Waals surface area contributed by atoms with Crippen molar-refractivity contribution < 1.29 is 4.42 Å². The summed E-state index contributed by atoms with van der Waals surface area (Å²) in [6, 6.07) is 8.93. The Morgan fingerprint density at radius 2 is 2.12 bits per heavy atom. The molecule has 0 aliphatic rings. The molecule has 1 N–H and O–H groups in total. The summed E-state index contributed by atoms with van der Waals surface area (Å²) in [6.45, 7) is 5.35. The second kappa shape index (κ2) is 5.92. The van der Waals surface area contributed by atoms with E-state index in [1.54, 1.807) is 6.26 Å². The van der Waals surface area contributed by atoms with E-state index < -0.39 is 0 Å². The first-order valence-corrected chi connectivity index (χ1v) is 5.49. The molecule has 0 spiro atoms. The van der Waals surface area contributed by atoms with Gasteiger partial charge in [-0.1, -0.05) is 19.1 Å². The molecule has 3 heteroatoms. The summed E-state index contributed by atoms with van der Waals surface area (Å²) in [7, 11) is 0. The smallest absolute Gasteiger partial charge is 0.134 e. The monoisotopic (exact) mass is 239 g/mol. The Bertz CT molecular complexity index is 438. The lowest BCUT2D eigenvalue weighted by atomic mass is 10.1. The summed E-state index contributed by atoms with van der Waals surface area (Å²) in [4.78, 5) is 0. The number of fused-ring (bicyclic) bond motifs is 1. The van der Waals surface area contributed by atoms with Crippen molar-refractivity contribution in [1.29, 1.82) is 0 Å². The second-order valence-corrected chi connectivity index (χ2v) is 3.96. The van der Waals surface area contributed by atoms with Crippen LogP contribution in [0.3, 0.4) is 0 Å². The van der Waals surface area contributed by atoms with E-state index in [1.165, 1.54) is 10.9 Å². The quantitative estimate of drug-likeness (QED) is 0.885. The van der Waals surface area contributed by atoms with E-state index in [-0.39, 0.29) is 12.4 Å². The molecule has 2 aromatic rings. The number of halogens is 1. The number of hydrogen-bond donors (Lipinski definition) is 1. The first kappa shape index (κ1) is 13.1. The molecular formula is C13H18ClNO. The Balaban J connectivity index is 0.00000128. The summed E-state index contributed by atoms with van der Waals surface area (Å²) in [5.74, 6) is 0. The molecule has 2 nitrogen and oxygen atoms in total. The molecule has 0 fully saturated rings. The van der Waals surface area contributed by atoms with Crippen molar-refractivity contribution in [2.75, 3.05) is 6.54 Å². The minimum atomic E-state index is 0. The van der Waals surface area contributed by atoms with Crippen molar-refractivity contribution in [2.45, 2.75) is 26.3 Å². The Kier molecular flexibility index (Phi) is 4.84. The van der Waals surface area contributed by atoms with Crippen molar-refractivity contribution in [3.05, 3.63) is 36.1 Å². The Hall–Kier alpha value is -0.990. The van der Waals surface area contributed by atoms with Gasteiger partial charge in [0.15, 0.2) is 0 Å². The zero-order valence-corrected chi connectivity index (χ0v) is 10.5. The maximum Gasteiger partial charge on any atom is 0.134 e. The highest BCUT2D eigenvalue weighted by atomic mass is 35.5. The van der Waals surface area contributed by atoms with E-state index in [0.717, 1.165) is 18.5 Å². The molecule has 1 atom stereocenters. The van der Waals surface area contributed by atoms with Crippen molar-refractivity contribution in [2.24, 2.45) is 0 Å². The minimum Gasteiger partial charge on any atom is -0.464 e. The lowest BCUT2D eigenvalue weighted by Crippen LogP contribution is -2.27. The molecule has 0 saturated heterocycles. The predicted molar refractivity (Wildman–Crippen MR) is 70.3 cm³/mol. The first-order valence-electron chi connectivity index (χ1n) is 5.49. The molecule has 0 aliphatic carbocycles. The third-order valence-electron chi connectivity index (χ3n) is 2.62. The maximum absolute atomic E-state index is 5.38. The van der Waals surface area contributed by atoms with Crippen LogP contribution in [0.2, 0.25) is 0 Å². The number of benzene rings is 1. The zero-order valence-electron chi connectivity index (χ0n) is 9.69. The Morgan fingerprint density at radius 3 is 2.88 bits per heavy atom. The van der Waals surface area contributed by atoms with Crippen molar-refractivity contribution >= 4 is 23.4 Å². The van der Waals surface area contributed by atoms with Crippen LogP contribution in [0.1, 0.15) is 19.4 Å². The fraction of sp³-hybridized carbons (Fsp3) is 0.385. The molecule has 1 unspecified atom stereocenters. The van der Waals surface area contributed by atoms with Gasteiger partial charge in [-0.25, -0.2) is 0 Å². The van der Waals surface area contributed by atoms with Crippen LogP contribution in [0.4, 0.5) is 0 Å². The average Bonchev–Trinajstić information content (AvgIpc) is 2.65. The van der Waals surface area contributed by atoms with Gasteiger partial charge in [-0.15, -0.1) is 12.4 Å². The van der Waals surface area contributed by atoms with Gasteiger partial charge in [0, 0.05) is 11.4 Å². The van der Waals surface area contributed by atoms with Gasteiger partial charge in [-0.05, 0) is 37.6 Å². The van der Waals surface area contributed by atoms with Gasteiger partial charge in [0.25, 0.3) is 0 Å². The van der Waals surface area contributed by atoms with E-state index in [2.05, 4.69) is 37.4 Å². The minimum absolute atomic E-state index is 0. The van der Waals surface area contributed by atoms with Crippen molar-refractivity contribution in [1.82, 2.24) is 5.32 Å². The van der Waals surface area contributed by atoms with Gasteiger partial charge in [0.2, 0.25) is 0 Å². The number of furan rings is 1. The second-order valence-electron chi connectivity index (χ2n) is 3.96. The third kappa shape index (κ3) is 3.00. The number of hydrogen-bond acceptors (Lipinski definition) is 2. The van der Waals surface area contributed by atoms with Crippen LogP contribution in [0.25, 0.3) is 11.0 Å². The molecular weight excluding hydrogens is 222 g/mol. The molecule has 0 aliphatic heterocycles. The molecule has 0 saturated carbocycles. The van der Waals surface area contributed by atoms with E-state index in [0.29, 0.717) is 6.04 Å². The van der Waals surface area contributed by atoms with Crippen LogP contribution in [0, 0.1) is 0 Å². The number of rotatable bonds is 4. The zero-order chi connectivity index (χ0) is 10.7. The molecule has 0 bridgehead atoms. The fourth-order valence-electron chi connectivity index (χ4n) is 1.90. The molecule has 0 radical (unpaired) electrons. The third-order valence-corrected chi connectivity index (χ3v) is 2.62. The lowest BCUT2D eigenvalue weighted by Gasteiger charge is -2.11. The highest BCUT2D eigenvalue weighted by Crippen LogP contribution is 2.17. The predicted octanol–water partition coefficient (Wildman–Crippen LogP) is 3.40. The van der Waals surface area contributed by atoms with Crippen molar-refractivity contribution in [3.63, 3.8) is 0 Å². The largest absolute Gasteiger partial charge is 0.464 e. The molecule has 88 valence electrons. The maximum atomic E-state index is 5.38. The van der Waals surface area contributed by atoms with Crippen LogP contribution < -0.4 is 5.32 Å². The number of nitrogens with one attached hydrogen (secondary N) is 1. The van der Waals surface area contributed by atoms with Crippen LogP contribution in [-0.4, -0.2) is 12.6 Å². The van der Waals surface area contributed by atoms with E-state index in [4.69, 9.17) is 4.42 Å². The Morgan fingerprint density at radius 1 is 1.31 bits per heavy atom. The van der Waals surface area contributed by atoms with Gasteiger partial charge >= 0.3 is 0 Å². The first-order chi connectivity index (χ1) is 7.29. The summed E-state index contributed by atoms with van der Waals surface area (Å²) in [5, 5.41) is 4.58. The average molecular weight is 240 g/mol. The van der Waals surface area contributed by atoms with E-state index >= 15 is 0 Å². The lowest BCUT2D eigenvalue weighted by molar-refractivity contribution is 0.564. The van der Waals surface area contributed by atoms with Gasteiger partial charge in [-0.2, -0.15) is 0 Å². The van der Waals surface area contributed by atoms with Gasteiger partial charge in [0.1, 0.15) is 5.58 Å². The topological polar surface area (TPSA) is 25.2 Å². The van der Waals surface area contributed by atoms with Crippen LogP contribution in [-0.2, 0) is 6.42 Å². The molecule has 1 aromatic heterocycles. The summed E-state index contributed by atoms with van der Waals surface area (Å²) < 4.78 is 5.38. The Labute approximate surface area is 102 Å². The van der Waals surface area contributed by atoms with Crippen LogP contribution >= 0.6 is 12.4 Å². The molecule has 1 heterocycles. The van der Waals surface area contributed by atoms with Gasteiger partial charge in [-0.3, -0.25) is 0 Å². The standard InChI is InChI=1S/C13H17NO.ClH/c1-3-14-10(2)8-11-4-5-12-6-7-15-13(12)9-11;/h4-7,9-10,14H,3,8H2,1-2H3;1H. The highest BCUT2D eigenvalue weighted by Gasteiger charge is 2.03. The highest BCUT2D eigenvalue weighted by molar-refractivity contribution is 5.85. The fourth-order valence-corrected chi connectivity index (χ4v) is 1.90. The van der Waals surface area contributed by atoms with Gasteiger partial charge < -0.3 is 9.73 Å². The van der Waals surface area contributed by atoms with Crippen LogP contribution in [0.5, 0.6) is 0 Å². The summed E-state index contributed by atoms with van der Waals surface area (Å²) in [6.07, 6.45) is 2.78. The molecule has 16 heavy (non-hydrogen) atoms. The van der Waals surface area contributed by atoms with Gasteiger partial charge in [0.05, 0.1) is 6.26 Å². The SMILES string of the molecule is CCNC(C)Cc1ccc2ccoc2c1.Cl. The van der Waals surface area contributed by atoms with Crippen LogP contribution in [0.15, 0.2) is 34.9 Å². The number of likely N-dealkylation sites (N-methyl/N-ethyl adjacent to an activating group) is 1. The summed E-state index contributed by atoms with van der Waals surface area (Å²) >= 11 is 0. The summed E-state index contributed by atoms with van der Waals surface area (Å²) in [5.41, 5.74) is 2.31. The van der Waals surface area contributed by atoms with E-state index in [9.17, 15) is 0 Å². The van der Waals surface area contributed by atoms with Crippen molar-refractivity contribution in [3.8, 4) is 0 Å². The molecule has 1 aromatic carbocycles. The molecule has 0 amide bonds. The van der Waals surface area contributed by atoms with E-state index in [1.807, 2.05) is 6.07 Å². The molecule has 2 rings (SSSR count). The normalized spacial score (nSPS) is 12.4.